The molecular weight excluding hydrogens is 171 g/mol. The molecule has 0 aromatic carbocycles. The van der Waals surface area contributed by atoms with Gasteiger partial charge in [0, 0.05) is 12.8 Å². The first kappa shape index (κ1) is 10.3. The highest BCUT2D eigenvalue weighted by Gasteiger charge is 2.36. The summed E-state index contributed by atoms with van der Waals surface area (Å²) in [4.78, 5) is 9.43. The average Bonchev–Trinajstić information content (AvgIpc) is 1.83. The van der Waals surface area contributed by atoms with E-state index in [0.717, 1.165) is 0 Å². The summed E-state index contributed by atoms with van der Waals surface area (Å²) in [5, 5.41) is 0. The van der Waals surface area contributed by atoms with Gasteiger partial charge >= 0.3 is 12.1 Å². The van der Waals surface area contributed by atoms with Gasteiger partial charge in [-0.25, -0.2) is 0 Å². The number of carbonyl (C=O) groups excluding carboxylic acids is 1. The van der Waals surface area contributed by atoms with E-state index in [1.807, 2.05) is 0 Å². The van der Waals surface area contributed by atoms with Crippen molar-refractivity contribution in [3.8, 4) is 0 Å². The third-order valence-electron chi connectivity index (χ3n) is 0.914. The van der Waals surface area contributed by atoms with Crippen LogP contribution >= 0.6 is 0 Å². The summed E-state index contributed by atoms with van der Waals surface area (Å²) in [6.45, 7) is 0. The molecule has 0 unspecified atom stereocenters. The SMILES string of the molecule is O=CC(F)(F)CCC(F)(F)F. The molecule has 0 amide bonds. The molecule has 0 spiro atoms. The van der Waals surface area contributed by atoms with Crippen molar-refractivity contribution in [1.82, 2.24) is 0 Å². The molecule has 0 radical (unpaired) electrons. The van der Waals surface area contributed by atoms with Crippen LogP contribution in [0.1, 0.15) is 12.8 Å². The van der Waals surface area contributed by atoms with Gasteiger partial charge < -0.3 is 0 Å². The van der Waals surface area contributed by atoms with Crippen molar-refractivity contribution in [2.45, 2.75) is 24.9 Å². The highest BCUT2D eigenvalue weighted by molar-refractivity contribution is 5.59. The van der Waals surface area contributed by atoms with Crippen LogP contribution in [-0.2, 0) is 4.79 Å². The van der Waals surface area contributed by atoms with Gasteiger partial charge in [0.1, 0.15) is 0 Å². The molecule has 6 heteroatoms. The van der Waals surface area contributed by atoms with Crippen LogP contribution < -0.4 is 0 Å². The van der Waals surface area contributed by atoms with E-state index in [9.17, 15) is 26.7 Å². The summed E-state index contributed by atoms with van der Waals surface area (Å²) in [5.41, 5.74) is 0. The third kappa shape index (κ3) is 5.75. The predicted molar refractivity (Wildman–Crippen MR) is 26.3 cm³/mol. The van der Waals surface area contributed by atoms with E-state index < -0.39 is 31.2 Å². The second-order valence-electron chi connectivity index (χ2n) is 1.99. The zero-order valence-electron chi connectivity index (χ0n) is 5.29. The molecule has 11 heavy (non-hydrogen) atoms. The Hall–Kier alpha value is -0.680. The quantitative estimate of drug-likeness (QED) is 0.475. The Morgan fingerprint density at radius 1 is 1.00 bits per heavy atom. The maximum atomic E-state index is 11.8. The fourth-order valence-electron chi connectivity index (χ4n) is 0.367. The van der Waals surface area contributed by atoms with Gasteiger partial charge in [0.25, 0.3) is 0 Å². The summed E-state index contributed by atoms with van der Waals surface area (Å²) in [6.07, 6.45) is -8.52. The molecule has 0 rings (SSSR count). The van der Waals surface area contributed by atoms with Gasteiger partial charge in [-0.15, -0.1) is 0 Å². The van der Waals surface area contributed by atoms with Crippen molar-refractivity contribution in [2.24, 2.45) is 0 Å². The second-order valence-corrected chi connectivity index (χ2v) is 1.99. The van der Waals surface area contributed by atoms with Crippen LogP contribution in [-0.4, -0.2) is 18.4 Å². The van der Waals surface area contributed by atoms with Crippen molar-refractivity contribution in [3.63, 3.8) is 0 Å². The van der Waals surface area contributed by atoms with Gasteiger partial charge in [0.2, 0.25) is 0 Å². The number of rotatable bonds is 3. The number of hydrogen-bond donors (Lipinski definition) is 0. The first-order valence-corrected chi connectivity index (χ1v) is 2.68. The van der Waals surface area contributed by atoms with Crippen LogP contribution in [0.5, 0.6) is 0 Å². The van der Waals surface area contributed by atoms with Gasteiger partial charge in [-0.3, -0.25) is 4.79 Å². The molecule has 0 fully saturated rings. The molecule has 0 saturated carbocycles. The van der Waals surface area contributed by atoms with Crippen molar-refractivity contribution >= 4 is 6.29 Å². The van der Waals surface area contributed by atoms with E-state index in [4.69, 9.17) is 0 Å². The molecule has 0 aliphatic carbocycles. The molecule has 0 bridgehead atoms. The Morgan fingerprint density at radius 3 is 1.73 bits per heavy atom. The summed E-state index contributed by atoms with van der Waals surface area (Å²) >= 11 is 0. The van der Waals surface area contributed by atoms with E-state index >= 15 is 0 Å². The molecule has 0 aliphatic rings. The first-order valence-electron chi connectivity index (χ1n) is 2.68. The van der Waals surface area contributed by atoms with Crippen LogP contribution in [0.15, 0.2) is 0 Å². The lowest BCUT2D eigenvalue weighted by molar-refractivity contribution is -0.155. The van der Waals surface area contributed by atoms with Gasteiger partial charge in [0.05, 0.1) is 0 Å². The lowest BCUT2D eigenvalue weighted by Crippen LogP contribution is -2.21. The monoisotopic (exact) mass is 176 g/mol. The fraction of sp³-hybridized carbons (Fsp3) is 0.800. The number of halogens is 5. The van der Waals surface area contributed by atoms with Gasteiger partial charge in [-0.05, 0) is 0 Å². The Kier molecular flexibility index (Phi) is 2.95. The zero-order valence-corrected chi connectivity index (χ0v) is 5.29. The lowest BCUT2D eigenvalue weighted by Gasteiger charge is -2.09. The molecule has 0 aromatic rings. The first-order chi connectivity index (χ1) is 4.77. The van der Waals surface area contributed by atoms with E-state index in [2.05, 4.69) is 0 Å². The molecule has 0 N–H and O–H groups in total. The van der Waals surface area contributed by atoms with Crippen LogP contribution in [0.4, 0.5) is 22.0 Å². The Labute approximate surface area is 59.2 Å². The normalized spacial score (nSPS) is 13.2. The summed E-state index contributed by atoms with van der Waals surface area (Å²) in [7, 11) is 0. The number of alkyl halides is 5. The largest absolute Gasteiger partial charge is 0.389 e. The van der Waals surface area contributed by atoms with E-state index in [1.165, 1.54) is 0 Å². The van der Waals surface area contributed by atoms with Gasteiger partial charge in [0.15, 0.2) is 6.29 Å². The Morgan fingerprint density at radius 2 is 1.45 bits per heavy atom. The number of aldehydes is 1. The standard InChI is InChI=1S/C5H5F5O/c6-4(7,3-11)1-2-5(8,9)10/h3H,1-2H2. The molecule has 0 aromatic heterocycles. The minimum atomic E-state index is -4.63. The van der Waals surface area contributed by atoms with Crippen LogP contribution in [0.25, 0.3) is 0 Å². The molecule has 0 atom stereocenters. The van der Waals surface area contributed by atoms with Crippen molar-refractivity contribution in [2.75, 3.05) is 0 Å². The molecule has 66 valence electrons. The third-order valence-corrected chi connectivity index (χ3v) is 0.914. The van der Waals surface area contributed by atoms with E-state index in [0.29, 0.717) is 0 Å². The summed E-state index contributed by atoms with van der Waals surface area (Å²) in [5.74, 6) is -3.85. The Balaban J connectivity index is 3.79. The van der Waals surface area contributed by atoms with Crippen LogP contribution in [0.2, 0.25) is 0 Å². The van der Waals surface area contributed by atoms with Crippen molar-refractivity contribution in [3.05, 3.63) is 0 Å². The minimum Gasteiger partial charge on any atom is -0.297 e. The molecule has 0 saturated heterocycles. The van der Waals surface area contributed by atoms with Crippen molar-refractivity contribution < 1.29 is 26.7 Å². The van der Waals surface area contributed by atoms with Crippen LogP contribution in [0, 0.1) is 0 Å². The molecular formula is C5H5F5O. The second kappa shape index (κ2) is 3.15. The fourth-order valence-corrected chi connectivity index (χ4v) is 0.367. The highest BCUT2D eigenvalue weighted by Crippen LogP contribution is 2.27. The number of carbonyl (C=O) groups is 1. The van der Waals surface area contributed by atoms with Crippen LogP contribution in [0.3, 0.4) is 0 Å². The Bertz CT molecular complexity index is 138. The predicted octanol–water partition coefficient (Wildman–Crippen LogP) is 2.16. The zero-order chi connectivity index (χ0) is 9.12. The molecule has 0 heterocycles. The maximum Gasteiger partial charge on any atom is 0.389 e. The lowest BCUT2D eigenvalue weighted by atomic mass is 10.2. The topological polar surface area (TPSA) is 17.1 Å². The van der Waals surface area contributed by atoms with Crippen molar-refractivity contribution in [1.29, 1.82) is 0 Å². The van der Waals surface area contributed by atoms with E-state index in [-0.39, 0.29) is 0 Å². The smallest absolute Gasteiger partial charge is 0.297 e. The summed E-state index contributed by atoms with van der Waals surface area (Å²) in [6, 6.07) is 0. The number of hydrogen-bond acceptors (Lipinski definition) is 1. The minimum absolute atomic E-state index is 0.779. The molecule has 0 aliphatic heterocycles. The molecule has 1 nitrogen and oxygen atoms in total. The van der Waals surface area contributed by atoms with Gasteiger partial charge in [-0.2, -0.15) is 22.0 Å². The highest BCUT2D eigenvalue weighted by atomic mass is 19.4. The van der Waals surface area contributed by atoms with Gasteiger partial charge in [-0.1, -0.05) is 0 Å². The van der Waals surface area contributed by atoms with E-state index in [1.54, 1.807) is 0 Å². The average molecular weight is 176 g/mol. The summed E-state index contributed by atoms with van der Waals surface area (Å²) < 4.78 is 57.4. The maximum absolute atomic E-state index is 11.8.